The molecule has 1 heterocycles. The van der Waals surface area contributed by atoms with Crippen LogP contribution in [0.2, 0.25) is 0 Å². The maximum absolute atomic E-state index is 13.4. The minimum Gasteiger partial charge on any atom is -0.493 e. The molecule has 0 bridgehead atoms. The van der Waals surface area contributed by atoms with Crippen molar-refractivity contribution in [2.24, 2.45) is 0 Å². The van der Waals surface area contributed by atoms with Gasteiger partial charge in [-0.1, -0.05) is 12.1 Å². The minimum absolute atomic E-state index is 0.261. The van der Waals surface area contributed by atoms with Crippen molar-refractivity contribution in [2.45, 2.75) is 0 Å². The fourth-order valence-corrected chi connectivity index (χ4v) is 1.34. The molecule has 0 aliphatic carbocycles. The summed E-state index contributed by atoms with van der Waals surface area (Å²) >= 11 is 0. The molecule has 2 rings (SSSR count). The van der Waals surface area contributed by atoms with E-state index in [9.17, 15) is 8.78 Å². The van der Waals surface area contributed by atoms with Gasteiger partial charge in [0.15, 0.2) is 29.0 Å². The predicted octanol–water partition coefficient (Wildman–Crippen LogP) is 2.74. The van der Waals surface area contributed by atoms with E-state index in [1.807, 2.05) is 0 Å². The van der Waals surface area contributed by atoms with Gasteiger partial charge in [-0.05, 0) is 12.1 Å². The van der Waals surface area contributed by atoms with E-state index in [0.29, 0.717) is 11.8 Å². The number of rotatable bonds is 3. The van der Waals surface area contributed by atoms with Gasteiger partial charge in [0.25, 0.3) is 5.88 Å². The normalized spacial score (nSPS) is 10.2. The topological polar surface area (TPSA) is 57.4 Å². The summed E-state index contributed by atoms with van der Waals surface area (Å²) in [7, 11) is 1.45. The van der Waals surface area contributed by atoms with Gasteiger partial charge in [0.05, 0.1) is 7.11 Å². The van der Waals surface area contributed by atoms with E-state index < -0.39 is 23.3 Å². The van der Waals surface area contributed by atoms with Crippen molar-refractivity contribution in [1.29, 1.82) is 0 Å². The molecule has 0 saturated carbocycles. The van der Waals surface area contributed by atoms with Crippen molar-refractivity contribution in [3.8, 4) is 17.4 Å². The highest BCUT2D eigenvalue weighted by molar-refractivity contribution is 5.43. The zero-order chi connectivity index (χ0) is 13.1. The summed E-state index contributed by atoms with van der Waals surface area (Å²) in [6.45, 7) is 0. The molecule has 0 spiro atoms. The Morgan fingerprint density at radius 1 is 1.11 bits per heavy atom. The van der Waals surface area contributed by atoms with Gasteiger partial charge >= 0.3 is 0 Å². The number of hydrogen-bond donors (Lipinski definition) is 1. The Balaban J connectivity index is 2.37. The Labute approximate surface area is 102 Å². The Kier molecular flexibility index (Phi) is 3.27. The van der Waals surface area contributed by atoms with Gasteiger partial charge in [0, 0.05) is 6.07 Å². The number of nitrogens with two attached hydrogens (primary N) is 1. The Hall–Kier alpha value is -2.37. The van der Waals surface area contributed by atoms with Crippen LogP contribution in [0.1, 0.15) is 0 Å². The molecule has 2 N–H and O–H groups in total. The zero-order valence-corrected chi connectivity index (χ0v) is 9.48. The third kappa shape index (κ3) is 2.32. The van der Waals surface area contributed by atoms with Crippen LogP contribution in [0, 0.1) is 11.6 Å². The molecule has 0 unspecified atom stereocenters. The molecule has 1 aromatic heterocycles. The first-order valence-electron chi connectivity index (χ1n) is 5.04. The van der Waals surface area contributed by atoms with Crippen LogP contribution in [0.5, 0.6) is 17.4 Å². The fourth-order valence-electron chi connectivity index (χ4n) is 1.34. The molecule has 1 aromatic carbocycles. The molecule has 0 aliphatic rings. The van der Waals surface area contributed by atoms with Crippen molar-refractivity contribution < 1.29 is 18.3 Å². The summed E-state index contributed by atoms with van der Waals surface area (Å²) in [4.78, 5) is 3.49. The first kappa shape index (κ1) is 12.1. The smallest absolute Gasteiger partial charge is 0.258 e. The number of benzene rings is 1. The van der Waals surface area contributed by atoms with Gasteiger partial charge in [-0.25, -0.2) is 8.78 Å². The Bertz CT molecular complexity index is 576. The maximum Gasteiger partial charge on any atom is 0.258 e. The van der Waals surface area contributed by atoms with E-state index in [1.165, 1.54) is 7.11 Å². The molecular formula is C12H10F2N2O2. The van der Waals surface area contributed by atoms with E-state index in [2.05, 4.69) is 4.98 Å². The molecule has 94 valence electrons. The molecule has 2 aromatic rings. The van der Waals surface area contributed by atoms with Crippen LogP contribution in [-0.2, 0) is 0 Å². The van der Waals surface area contributed by atoms with E-state index in [4.69, 9.17) is 15.2 Å². The minimum atomic E-state index is -0.937. The number of nitrogens with zero attached hydrogens (tertiary/aromatic N) is 1. The third-order valence-corrected chi connectivity index (χ3v) is 2.20. The highest BCUT2D eigenvalue weighted by Crippen LogP contribution is 2.31. The number of pyridine rings is 1. The van der Waals surface area contributed by atoms with Crippen molar-refractivity contribution >= 4 is 5.82 Å². The molecular weight excluding hydrogens is 242 g/mol. The maximum atomic E-state index is 13.4. The number of aromatic nitrogens is 1. The van der Waals surface area contributed by atoms with Gasteiger partial charge < -0.3 is 15.2 Å². The number of methoxy groups -OCH3 is 1. The van der Waals surface area contributed by atoms with Gasteiger partial charge in [-0.2, -0.15) is 4.98 Å². The highest BCUT2D eigenvalue weighted by Gasteiger charge is 2.13. The Morgan fingerprint density at radius 3 is 2.44 bits per heavy atom. The lowest BCUT2D eigenvalue weighted by Crippen LogP contribution is -2.00. The van der Waals surface area contributed by atoms with Crippen molar-refractivity contribution in [3.63, 3.8) is 0 Å². The number of anilines is 1. The molecule has 0 amide bonds. The van der Waals surface area contributed by atoms with Gasteiger partial charge in [0.1, 0.15) is 0 Å². The van der Waals surface area contributed by atoms with E-state index in [0.717, 1.165) is 0 Å². The van der Waals surface area contributed by atoms with Gasteiger partial charge in [0.2, 0.25) is 0 Å². The molecule has 0 saturated heterocycles. The standard InChI is InChI=1S/C12H10F2N2O2/c1-17-9-4-2-3-5-10(9)18-12-8(14)6-7(13)11(15)16-12/h2-6H,1H3,(H2,15,16). The number of nitrogen functional groups attached to an aromatic ring is 1. The predicted molar refractivity (Wildman–Crippen MR) is 61.6 cm³/mol. The van der Waals surface area contributed by atoms with Crippen molar-refractivity contribution in [2.75, 3.05) is 12.8 Å². The van der Waals surface area contributed by atoms with Crippen LogP contribution >= 0.6 is 0 Å². The molecule has 0 atom stereocenters. The number of halogens is 2. The van der Waals surface area contributed by atoms with E-state index in [-0.39, 0.29) is 5.75 Å². The number of ether oxygens (including phenoxy) is 2. The lowest BCUT2D eigenvalue weighted by atomic mass is 10.3. The third-order valence-electron chi connectivity index (χ3n) is 2.20. The first-order chi connectivity index (χ1) is 8.61. The highest BCUT2D eigenvalue weighted by atomic mass is 19.1. The quantitative estimate of drug-likeness (QED) is 0.912. The van der Waals surface area contributed by atoms with Crippen LogP contribution in [0.3, 0.4) is 0 Å². The van der Waals surface area contributed by atoms with Crippen LogP contribution < -0.4 is 15.2 Å². The second kappa shape index (κ2) is 4.87. The Morgan fingerprint density at radius 2 is 1.78 bits per heavy atom. The van der Waals surface area contributed by atoms with Crippen molar-refractivity contribution in [1.82, 2.24) is 4.98 Å². The zero-order valence-electron chi connectivity index (χ0n) is 9.48. The average Bonchev–Trinajstić information content (AvgIpc) is 2.36. The summed E-state index contributed by atoms with van der Waals surface area (Å²) in [6.07, 6.45) is 0. The SMILES string of the molecule is COc1ccccc1Oc1nc(N)c(F)cc1F. The lowest BCUT2D eigenvalue weighted by Gasteiger charge is -2.10. The second-order valence-electron chi connectivity index (χ2n) is 3.40. The molecule has 4 nitrogen and oxygen atoms in total. The van der Waals surface area contributed by atoms with Gasteiger partial charge in [-0.15, -0.1) is 0 Å². The van der Waals surface area contributed by atoms with Crippen LogP contribution in [0.4, 0.5) is 14.6 Å². The summed E-state index contributed by atoms with van der Waals surface area (Å²) in [5, 5.41) is 0. The molecule has 6 heteroatoms. The summed E-state index contributed by atoms with van der Waals surface area (Å²) in [5.41, 5.74) is 5.25. The van der Waals surface area contributed by atoms with Crippen LogP contribution in [0.15, 0.2) is 30.3 Å². The summed E-state index contributed by atoms with van der Waals surface area (Å²) in [6, 6.07) is 7.24. The fraction of sp³-hybridized carbons (Fsp3) is 0.0833. The largest absolute Gasteiger partial charge is 0.493 e. The molecule has 0 aliphatic heterocycles. The van der Waals surface area contributed by atoms with Crippen LogP contribution in [-0.4, -0.2) is 12.1 Å². The molecule has 18 heavy (non-hydrogen) atoms. The molecule has 0 fully saturated rings. The van der Waals surface area contributed by atoms with Crippen LogP contribution in [0.25, 0.3) is 0 Å². The lowest BCUT2D eigenvalue weighted by molar-refractivity contribution is 0.363. The van der Waals surface area contributed by atoms with E-state index >= 15 is 0 Å². The first-order valence-corrected chi connectivity index (χ1v) is 5.04. The van der Waals surface area contributed by atoms with Gasteiger partial charge in [-0.3, -0.25) is 0 Å². The monoisotopic (exact) mass is 252 g/mol. The molecule has 0 radical (unpaired) electrons. The van der Waals surface area contributed by atoms with Crippen molar-refractivity contribution in [3.05, 3.63) is 42.0 Å². The summed E-state index contributed by atoms with van der Waals surface area (Å²) < 4.78 is 36.6. The second-order valence-corrected chi connectivity index (χ2v) is 3.40. The number of hydrogen-bond acceptors (Lipinski definition) is 4. The van der Waals surface area contributed by atoms with E-state index in [1.54, 1.807) is 24.3 Å². The summed E-state index contributed by atoms with van der Waals surface area (Å²) in [5.74, 6) is -2.04. The number of para-hydroxylation sites is 2. The average molecular weight is 252 g/mol.